The summed E-state index contributed by atoms with van der Waals surface area (Å²) in [6.45, 7) is 3.34. The Morgan fingerprint density at radius 1 is 1.03 bits per heavy atom. The van der Waals surface area contributed by atoms with Gasteiger partial charge in [0.1, 0.15) is 6.61 Å². The number of nitrogens with zero attached hydrogens (tertiary/aromatic N) is 1. The summed E-state index contributed by atoms with van der Waals surface area (Å²) in [5, 5.41) is 4.34. The molecule has 1 aliphatic heterocycles. The number of carbonyl (C=O) groups is 1. The second-order valence-electron chi connectivity index (χ2n) is 7.83. The van der Waals surface area contributed by atoms with Crippen molar-refractivity contribution in [3.05, 3.63) is 71.9 Å². The molecule has 152 valence electrons. The maximum Gasteiger partial charge on any atom is 0.407 e. The average molecular weight is 392 g/mol. The number of para-hydroxylation sites is 1. The Kier molecular flexibility index (Phi) is 6.47. The van der Waals surface area contributed by atoms with Crippen LogP contribution in [0, 0.1) is 0 Å². The van der Waals surface area contributed by atoms with Crippen molar-refractivity contribution in [2.24, 2.45) is 0 Å². The van der Waals surface area contributed by atoms with Crippen LogP contribution in [0.5, 0.6) is 0 Å². The number of hydrogen-bond donors (Lipinski definition) is 2. The Bertz CT molecular complexity index is 916. The zero-order valence-corrected chi connectivity index (χ0v) is 16.8. The molecule has 29 heavy (non-hydrogen) atoms. The molecule has 4 rings (SSSR count). The summed E-state index contributed by atoms with van der Waals surface area (Å²) < 4.78 is 5.48. The summed E-state index contributed by atoms with van der Waals surface area (Å²) >= 11 is 0. The van der Waals surface area contributed by atoms with Gasteiger partial charge in [0.25, 0.3) is 0 Å². The standard InChI is InChI=1S/C24H29N3O2/c28-24(29-18-19-9-3-1-4-10-19)26-21(17-27-13-7-2-8-14-27)15-20-16-25-23-12-6-5-11-22(20)23/h1,3-6,9-12,16,21,25H,2,7-8,13-15,17-18H2,(H,26,28). The molecule has 3 aromatic rings. The Hall–Kier alpha value is -2.79. The van der Waals surface area contributed by atoms with Gasteiger partial charge in [-0.25, -0.2) is 4.79 Å². The molecule has 1 unspecified atom stereocenters. The fourth-order valence-electron chi connectivity index (χ4n) is 4.11. The van der Waals surface area contributed by atoms with Crippen LogP contribution >= 0.6 is 0 Å². The predicted molar refractivity (Wildman–Crippen MR) is 116 cm³/mol. The quantitative estimate of drug-likeness (QED) is 0.624. The number of likely N-dealkylation sites (tertiary alicyclic amines) is 1. The van der Waals surface area contributed by atoms with Gasteiger partial charge in [-0.15, -0.1) is 0 Å². The third-order valence-electron chi connectivity index (χ3n) is 5.60. The molecule has 1 aliphatic rings. The van der Waals surface area contributed by atoms with Gasteiger partial charge >= 0.3 is 6.09 Å². The van der Waals surface area contributed by atoms with Crippen LogP contribution in [0.15, 0.2) is 60.8 Å². The zero-order chi connectivity index (χ0) is 19.9. The number of hydrogen-bond acceptors (Lipinski definition) is 3. The van der Waals surface area contributed by atoms with Crippen molar-refractivity contribution in [2.45, 2.75) is 38.3 Å². The minimum atomic E-state index is -0.351. The summed E-state index contributed by atoms with van der Waals surface area (Å²) in [7, 11) is 0. The Balaban J connectivity index is 1.41. The lowest BCUT2D eigenvalue weighted by atomic mass is 10.0. The summed E-state index contributed by atoms with van der Waals surface area (Å²) in [4.78, 5) is 18.3. The number of piperidine rings is 1. The fraction of sp³-hybridized carbons (Fsp3) is 0.375. The maximum atomic E-state index is 12.5. The molecule has 5 heteroatoms. The van der Waals surface area contributed by atoms with E-state index in [0.29, 0.717) is 0 Å². The van der Waals surface area contributed by atoms with Gasteiger partial charge in [0.15, 0.2) is 0 Å². The number of aromatic amines is 1. The molecule has 1 saturated heterocycles. The lowest BCUT2D eigenvalue weighted by Gasteiger charge is -2.30. The van der Waals surface area contributed by atoms with Crippen molar-refractivity contribution in [1.82, 2.24) is 15.2 Å². The highest BCUT2D eigenvalue weighted by atomic mass is 16.5. The Morgan fingerprint density at radius 3 is 2.62 bits per heavy atom. The minimum Gasteiger partial charge on any atom is -0.445 e. The Morgan fingerprint density at radius 2 is 1.79 bits per heavy atom. The molecule has 1 atom stereocenters. The molecule has 0 saturated carbocycles. The summed E-state index contributed by atoms with van der Waals surface area (Å²) in [6.07, 6.45) is 6.26. The molecular weight excluding hydrogens is 362 g/mol. The summed E-state index contributed by atoms with van der Waals surface area (Å²) in [5.41, 5.74) is 3.35. The number of aromatic nitrogens is 1. The smallest absolute Gasteiger partial charge is 0.407 e. The maximum absolute atomic E-state index is 12.5. The third kappa shape index (κ3) is 5.39. The van der Waals surface area contributed by atoms with Crippen LogP contribution in [-0.4, -0.2) is 41.7 Å². The molecule has 0 aliphatic carbocycles. The van der Waals surface area contributed by atoms with Crippen molar-refractivity contribution in [1.29, 1.82) is 0 Å². The SMILES string of the molecule is O=C(NC(Cc1c[nH]c2ccccc12)CN1CCCCC1)OCc1ccccc1. The van der Waals surface area contributed by atoms with E-state index < -0.39 is 0 Å². The largest absolute Gasteiger partial charge is 0.445 e. The number of rotatable bonds is 7. The van der Waals surface area contributed by atoms with E-state index in [1.807, 2.05) is 36.4 Å². The number of nitrogens with one attached hydrogen (secondary N) is 2. The normalized spacial score (nSPS) is 15.9. The third-order valence-corrected chi connectivity index (χ3v) is 5.60. The van der Waals surface area contributed by atoms with E-state index >= 15 is 0 Å². The average Bonchev–Trinajstić information content (AvgIpc) is 3.17. The van der Waals surface area contributed by atoms with Crippen LogP contribution in [0.4, 0.5) is 4.79 Å². The van der Waals surface area contributed by atoms with Gasteiger partial charge in [0, 0.05) is 29.7 Å². The van der Waals surface area contributed by atoms with Crippen LogP contribution in [0.25, 0.3) is 10.9 Å². The number of ether oxygens (including phenoxy) is 1. The van der Waals surface area contributed by atoms with Gasteiger partial charge in [-0.05, 0) is 49.5 Å². The number of carbonyl (C=O) groups excluding carboxylic acids is 1. The van der Waals surface area contributed by atoms with E-state index in [0.717, 1.165) is 37.1 Å². The first kappa shape index (κ1) is 19.5. The predicted octanol–water partition coefficient (Wildman–Crippen LogP) is 4.49. The zero-order valence-electron chi connectivity index (χ0n) is 16.8. The van der Waals surface area contributed by atoms with Crippen molar-refractivity contribution in [3.8, 4) is 0 Å². The molecule has 1 fully saturated rings. The molecule has 2 N–H and O–H groups in total. The molecule has 0 bridgehead atoms. The monoisotopic (exact) mass is 391 g/mol. The van der Waals surface area contributed by atoms with Gasteiger partial charge in [0.2, 0.25) is 0 Å². The van der Waals surface area contributed by atoms with Crippen molar-refractivity contribution < 1.29 is 9.53 Å². The summed E-state index contributed by atoms with van der Waals surface area (Å²) in [6, 6.07) is 18.1. The van der Waals surface area contributed by atoms with E-state index in [9.17, 15) is 4.79 Å². The van der Waals surface area contributed by atoms with Gasteiger partial charge in [-0.2, -0.15) is 0 Å². The van der Waals surface area contributed by atoms with Gasteiger partial charge in [0.05, 0.1) is 0 Å². The van der Waals surface area contributed by atoms with E-state index in [1.165, 1.54) is 30.2 Å². The molecule has 0 radical (unpaired) electrons. The van der Waals surface area contributed by atoms with Crippen LogP contribution in [0.1, 0.15) is 30.4 Å². The van der Waals surface area contributed by atoms with Crippen LogP contribution in [0.3, 0.4) is 0 Å². The lowest BCUT2D eigenvalue weighted by Crippen LogP contribution is -2.46. The molecular formula is C24H29N3O2. The molecule has 5 nitrogen and oxygen atoms in total. The summed E-state index contributed by atoms with van der Waals surface area (Å²) in [5.74, 6) is 0. The molecule has 1 aromatic heterocycles. The van der Waals surface area contributed by atoms with Gasteiger partial charge in [-0.1, -0.05) is 55.0 Å². The van der Waals surface area contributed by atoms with E-state index in [1.54, 1.807) is 0 Å². The van der Waals surface area contributed by atoms with Gasteiger partial charge < -0.3 is 19.9 Å². The van der Waals surface area contributed by atoms with Crippen molar-refractivity contribution in [3.63, 3.8) is 0 Å². The van der Waals surface area contributed by atoms with Crippen LogP contribution < -0.4 is 5.32 Å². The van der Waals surface area contributed by atoms with Gasteiger partial charge in [-0.3, -0.25) is 0 Å². The molecule has 2 heterocycles. The first-order chi connectivity index (χ1) is 14.3. The molecule has 1 amide bonds. The van der Waals surface area contributed by atoms with E-state index in [4.69, 9.17) is 4.74 Å². The highest BCUT2D eigenvalue weighted by Crippen LogP contribution is 2.20. The first-order valence-electron chi connectivity index (χ1n) is 10.5. The highest BCUT2D eigenvalue weighted by Gasteiger charge is 2.20. The number of alkyl carbamates (subject to hydrolysis) is 1. The topological polar surface area (TPSA) is 57.4 Å². The first-order valence-corrected chi connectivity index (χ1v) is 10.5. The lowest BCUT2D eigenvalue weighted by molar-refractivity contribution is 0.129. The van der Waals surface area contributed by atoms with E-state index in [-0.39, 0.29) is 18.7 Å². The Labute approximate surface area is 172 Å². The van der Waals surface area contributed by atoms with Crippen LogP contribution in [-0.2, 0) is 17.8 Å². The second-order valence-corrected chi connectivity index (χ2v) is 7.83. The number of fused-ring (bicyclic) bond motifs is 1. The number of benzene rings is 2. The highest BCUT2D eigenvalue weighted by molar-refractivity contribution is 5.83. The molecule has 2 aromatic carbocycles. The second kappa shape index (κ2) is 9.61. The minimum absolute atomic E-state index is 0.00980. The van der Waals surface area contributed by atoms with Crippen molar-refractivity contribution in [2.75, 3.05) is 19.6 Å². The number of H-pyrrole nitrogens is 1. The van der Waals surface area contributed by atoms with Crippen molar-refractivity contribution >= 4 is 17.0 Å². The van der Waals surface area contributed by atoms with Crippen LogP contribution in [0.2, 0.25) is 0 Å². The van der Waals surface area contributed by atoms with E-state index in [2.05, 4.69) is 39.6 Å². The number of amides is 1. The fourth-order valence-corrected chi connectivity index (χ4v) is 4.11. The molecule has 0 spiro atoms.